The lowest BCUT2D eigenvalue weighted by molar-refractivity contribution is -0.124. The predicted octanol–water partition coefficient (Wildman–Crippen LogP) is 0.507. The number of aromatic nitrogens is 3. The van der Waals surface area contributed by atoms with Crippen LogP contribution in [0.2, 0.25) is 0 Å². The molecule has 2 amide bonds. The third-order valence-electron chi connectivity index (χ3n) is 3.12. The highest BCUT2D eigenvalue weighted by molar-refractivity contribution is 5.90. The fraction of sp³-hybridized carbons (Fsp3) is 0.188. The maximum absolute atomic E-state index is 12.1. The van der Waals surface area contributed by atoms with Crippen molar-refractivity contribution in [2.24, 2.45) is 0 Å². The molecule has 1 atom stereocenters. The van der Waals surface area contributed by atoms with E-state index in [2.05, 4.69) is 25.6 Å². The molecule has 0 saturated heterocycles. The highest BCUT2D eigenvalue weighted by atomic mass is 16.5. The molecule has 0 spiro atoms. The summed E-state index contributed by atoms with van der Waals surface area (Å²) in [5, 5.41) is 14.1. The van der Waals surface area contributed by atoms with Crippen LogP contribution < -0.4 is 16.1 Å². The molecule has 9 heteroatoms. The molecule has 0 aromatic carbocycles. The Labute approximate surface area is 144 Å². The van der Waals surface area contributed by atoms with Crippen LogP contribution in [0.25, 0.3) is 6.08 Å². The number of nitrogens with zero attached hydrogens (tertiary/aromatic N) is 3. The number of carbonyl (C=O) groups is 2. The van der Waals surface area contributed by atoms with E-state index in [-0.39, 0.29) is 5.91 Å². The molecule has 9 nitrogen and oxygen atoms in total. The Morgan fingerprint density at radius 1 is 1.24 bits per heavy atom. The van der Waals surface area contributed by atoms with E-state index in [1.54, 1.807) is 13.1 Å². The standard InChI is InChI=1S/C16H18N6O3/c1-11(16(24)20-9-12-4-2-3-7-17-12)21-14-10-18-13(8-19-14)5-6-15(23)22-25/h2-8,10-11,25H,9H2,1H3,(H,19,21)(H,20,24)(H,22,23)/t11-/m1/s1. The molecule has 2 aromatic heterocycles. The second-order valence-electron chi connectivity index (χ2n) is 5.04. The number of nitrogens with one attached hydrogen (secondary N) is 3. The molecule has 0 unspecified atom stereocenters. The second kappa shape index (κ2) is 9.08. The average Bonchev–Trinajstić information content (AvgIpc) is 2.66. The lowest BCUT2D eigenvalue weighted by Gasteiger charge is -2.14. The van der Waals surface area contributed by atoms with Crippen LogP contribution >= 0.6 is 0 Å². The van der Waals surface area contributed by atoms with E-state index >= 15 is 0 Å². The number of anilines is 1. The van der Waals surface area contributed by atoms with E-state index in [0.717, 1.165) is 11.8 Å². The van der Waals surface area contributed by atoms with Gasteiger partial charge in [0.2, 0.25) is 5.91 Å². The number of carbonyl (C=O) groups excluding carboxylic acids is 2. The topological polar surface area (TPSA) is 129 Å². The zero-order valence-corrected chi connectivity index (χ0v) is 13.5. The average molecular weight is 342 g/mol. The molecule has 4 N–H and O–H groups in total. The SMILES string of the molecule is C[C@@H](Nc1cnc(C=CC(=O)NO)cn1)C(=O)NCc1ccccn1. The van der Waals surface area contributed by atoms with E-state index in [1.165, 1.54) is 23.9 Å². The van der Waals surface area contributed by atoms with Gasteiger partial charge in [-0.15, -0.1) is 0 Å². The molecule has 25 heavy (non-hydrogen) atoms. The Morgan fingerprint density at radius 2 is 2.08 bits per heavy atom. The minimum atomic E-state index is -0.665. The van der Waals surface area contributed by atoms with Gasteiger partial charge >= 0.3 is 0 Å². The van der Waals surface area contributed by atoms with Crippen LogP contribution in [0.5, 0.6) is 0 Å². The fourth-order valence-corrected chi connectivity index (χ4v) is 1.82. The Bertz CT molecular complexity index is 733. The van der Waals surface area contributed by atoms with Gasteiger partial charge in [0.25, 0.3) is 5.91 Å². The van der Waals surface area contributed by atoms with Crippen molar-refractivity contribution in [3.8, 4) is 0 Å². The normalized spacial score (nSPS) is 11.8. The molecule has 2 rings (SSSR count). The summed E-state index contributed by atoms with van der Waals surface area (Å²) in [5.41, 5.74) is 2.67. The molecule has 0 saturated carbocycles. The molecule has 0 radical (unpaired) electrons. The maximum atomic E-state index is 12.1. The number of hydrogen-bond acceptors (Lipinski definition) is 7. The van der Waals surface area contributed by atoms with Gasteiger partial charge in [0, 0.05) is 12.3 Å². The minimum absolute atomic E-state index is 0.198. The Hall–Kier alpha value is -3.33. The van der Waals surface area contributed by atoms with Crippen molar-refractivity contribution in [3.63, 3.8) is 0 Å². The summed E-state index contributed by atoms with van der Waals surface area (Å²) in [6.45, 7) is 2.04. The van der Waals surface area contributed by atoms with Crippen LogP contribution in [0.3, 0.4) is 0 Å². The van der Waals surface area contributed by atoms with Gasteiger partial charge in [0.15, 0.2) is 0 Å². The number of hydroxylamine groups is 1. The molecular formula is C16H18N6O3. The first kappa shape index (κ1) is 18.0. The van der Waals surface area contributed by atoms with Crippen LogP contribution in [0.1, 0.15) is 18.3 Å². The molecule has 0 aliphatic rings. The highest BCUT2D eigenvalue weighted by Gasteiger charge is 2.13. The monoisotopic (exact) mass is 342 g/mol. The molecule has 0 aliphatic heterocycles. The van der Waals surface area contributed by atoms with Gasteiger partial charge in [-0.05, 0) is 25.1 Å². The maximum Gasteiger partial charge on any atom is 0.267 e. The van der Waals surface area contributed by atoms with Crippen LogP contribution in [0, 0.1) is 0 Å². The van der Waals surface area contributed by atoms with Crippen LogP contribution in [-0.4, -0.2) is 38.0 Å². The largest absolute Gasteiger partial charge is 0.357 e. The van der Waals surface area contributed by atoms with Crippen molar-refractivity contribution < 1.29 is 14.8 Å². The first-order valence-electron chi connectivity index (χ1n) is 7.47. The Balaban J connectivity index is 1.85. The van der Waals surface area contributed by atoms with Crippen molar-refractivity contribution in [2.45, 2.75) is 19.5 Å². The van der Waals surface area contributed by atoms with Crippen molar-refractivity contribution in [3.05, 3.63) is 54.3 Å². The van der Waals surface area contributed by atoms with Gasteiger partial charge in [0.05, 0.1) is 30.3 Å². The van der Waals surface area contributed by atoms with Crippen molar-refractivity contribution in [2.75, 3.05) is 5.32 Å². The zero-order chi connectivity index (χ0) is 18.1. The first-order valence-corrected chi connectivity index (χ1v) is 7.47. The molecule has 0 bridgehead atoms. The predicted molar refractivity (Wildman–Crippen MR) is 90.2 cm³/mol. The van der Waals surface area contributed by atoms with Crippen molar-refractivity contribution in [1.82, 2.24) is 25.7 Å². The quantitative estimate of drug-likeness (QED) is 0.328. The van der Waals surface area contributed by atoms with E-state index in [1.807, 2.05) is 18.2 Å². The zero-order valence-electron chi connectivity index (χ0n) is 13.5. The Kier molecular flexibility index (Phi) is 6.55. The van der Waals surface area contributed by atoms with Crippen molar-refractivity contribution in [1.29, 1.82) is 0 Å². The lowest BCUT2D eigenvalue weighted by Crippen LogP contribution is -2.37. The molecule has 0 fully saturated rings. The van der Waals surface area contributed by atoms with Crippen LogP contribution in [-0.2, 0) is 16.1 Å². The lowest BCUT2D eigenvalue weighted by atomic mass is 10.3. The summed E-state index contributed by atoms with van der Waals surface area (Å²) in [4.78, 5) is 35.3. The summed E-state index contributed by atoms with van der Waals surface area (Å²) in [7, 11) is 0. The molecule has 0 aliphatic carbocycles. The van der Waals surface area contributed by atoms with Gasteiger partial charge in [0.1, 0.15) is 11.9 Å². The number of amides is 2. The van der Waals surface area contributed by atoms with Gasteiger partial charge < -0.3 is 10.6 Å². The molecule has 130 valence electrons. The summed E-state index contributed by atoms with van der Waals surface area (Å²) in [6, 6.07) is 4.97. The van der Waals surface area contributed by atoms with Crippen LogP contribution in [0.4, 0.5) is 5.82 Å². The van der Waals surface area contributed by atoms with E-state index in [0.29, 0.717) is 18.1 Å². The van der Waals surface area contributed by atoms with Gasteiger partial charge in [-0.2, -0.15) is 0 Å². The summed E-state index contributed by atoms with van der Waals surface area (Å²) in [5.74, 6) is -0.442. The number of rotatable bonds is 7. The van der Waals surface area contributed by atoms with Gasteiger partial charge in [-0.1, -0.05) is 6.07 Å². The molecular weight excluding hydrogens is 324 g/mol. The second-order valence-corrected chi connectivity index (χ2v) is 5.04. The van der Waals surface area contributed by atoms with Gasteiger partial charge in [-0.3, -0.25) is 24.8 Å². The van der Waals surface area contributed by atoms with Gasteiger partial charge in [-0.25, -0.2) is 10.5 Å². The highest BCUT2D eigenvalue weighted by Crippen LogP contribution is 2.05. The smallest absolute Gasteiger partial charge is 0.267 e. The number of pyridine rings is 1. The number of hydrogen-bond donors (Lipinski definition) is 4. The summed E-state index contributed by atoms with van der Waals surface area (Å²) >= 11 is 0. The third kappa shape index (κ3) is 5.99. The summed E-state index contributed by atoms with van der Waals surface area (Å²) < 4.78 is 0. The van der Waals surface area contributed by atoms with Crippen LogP contribution in [0.15, 0.2) is 42.9 Å². The van der Waals surface area contributed by atoms with Crippen molar-refractivity contribution >= 4 is 23.7 Å². The first-order chi connectivity index (χ1) is 12.1. The van der Waals surface area contributed by atoms with E-state index < -0.39 is 11.9 Å². The molecule has 2 heterocycles. The third-order valence-corrected chi connectivity index (χ3v) is 3.12. The molecule has 2 aromatic rings. The summed E-state index contributed by atoms with van der Waals surface area (Å²) in [6.07, 6.45) is 7.05. The Morgan fingerprint density at radius 3 is 2.72 bits per heavy atom. The van der Waals surface area contributed by atoms with E-state index in [4.69, 9.17) is 5.21 Å². The fourth-order valence-electron chi connectivity index (χ4n) is 1.82. The van der Waals surface area contributed by atoms with E-state index in [9.17, 15) is 9.59 Å². The minimum Gasteiger partial charge on any atom is -0.357 e.